The Morgan fingerprint density at radius 3 is 2.23 bits per heavy atom. The number of ether oxygens (including phenoxy) is 3. The summed E-state index contributed by atoms with van der Waals surface area (Å²) in [4.78, 5) is 12.5. The van der Waals surface area contributed by atoms with Crippen LogP contribution in [0.2, 0.25) is 10.0 Å². The molecule has 0 spiro atoms. The van der Waals surface area contributed by atoms with Crippen molar-refractivity contribution < 1.29 is 19.0 Å². The molecule has 7 heteroatoms. The van der Waals surface area contributed by atoms with Crippen LogP contribution in [-0.4, -0.2) is 33.8 Å². The molecule has 26 heavy (non-hydrogen) atoms. The van der Waals surface area contributed by atoms with Crippen LogP contribution in [0.15, 0.2) is 24.3 Å². The fourth-order valence-corrected chi connectivity index (χ4v) is 3.10. The summed E-state index contributed by atoms with van der Waals surface area (Å²) >= 11 is 12.2. The van der Waals surface area contributed by atoms with E-state index in [4.69, 9.17) is 37.4 Å². The molecule has 0 radical (unpaired) electrons. The van der Waals surface area contributed by atoms with Crippen molar-refractivity contribution in [3.8, 4) is 17.2 Å². The topological polar surface area (TPSA) is 56.8 Å². The van der Waals surface area contributed by atoms with Gasteiger partial charge in [0.1, 0.15) is 5.56 Å². The molecular weight excluding hydrogens is 377 g/mol. The lowest BCUT2D eigenvalue weighted by Crippen LogP contribution is -2.26. The predicted octanol–water partition coefficient (Wildman–Crippen LogP) is 4.30. The highest BCUT2D eigenvalue weighted by Gasteiger charge is 2.19. The molecule has 1 N–H and O–H groups in total. The second kappa shape index (κ2) is 9.01. The minimum absolute atomic E-state index is 0.228. The van der Waals surface area contributed by atoms with Gasteiger partial charge in [-0.05, 0) is 48.7 Å². The molecule has 140 valence electrons. The highest BCUT2D eigenvalue weighted by Crippen LogP contribution is 2.34. The quantitative estimate of drug-likeness (QED) is 0.756. The molecule has 2 aromatic carbocycles. The van der Waals surface area contributed by atoms with Crippen molar-refractivity contribution in [3.05, 3.63) is 51.0 Å². The smallest absolute Gasteiger partial charge is 0.256 e. The van der Waals surface area contributed by atoms with E-state index < -0.39 is 0 Å². The van der Waals surface area contributed by atoms with Gasteiger partial charge in [-0.2, -0.15) is 0 Å². The van der Waals surface area contributed by atoms with Crippen LogP contribution in [0.1, 0.15) is 21.5 Å². The van der Waals surface area contributed by atoms with Crippen LogP contribution < -0.4 is 19.5 Å². The average molecular weight is 398 g/mol. The fourth-order valence-electron chi connectivity index (χ4n) is 2.64. The van der Waals surface area contributed by atoms with Crippen LogP contribution >= 0.6 is 23.2 Å². The number of nitrogens with one attached hydrogen (secondary N) is 1. The van der Waals surface area contributed by atoms with Gasteiger partial charge in [0.25, 0.3) is 5.91 Å². The lowest BCUT2D eigenvalue weighted by atomic mass is 10.0. The number of rotatable bonds is 7. The van der Waals surface area contributed by atoms with Gasteiger partial charge >= 0.3 is 0 Å². The first-order valence-corrected chi connectivity index (χ1v) is 8.70. The number of methoxy groups -OCH3 is 3. The number of benzene rings is 2. The van der Waals surface area contributed by atoms with E-state index >= 15 is 0 Å². The maximum atomic E-state index is 12.5. The Bertz CT molecular complexity index is 809. The zero-order chi connectivity index (χ0) is 19.3. The molecule has 5 nitrogen and oxygen atoms in total. The summed E-state index contributed by atoms with van der Waals surface area (Å²) in [6.45, 7) is 2.40. The maximum Gasteiger partial charge on any atom is 0.256 e. The Morgan fingerprint density at radius 1 is 1.00 bits per heavy atom. The van der Waals surface area contributed by atoms with Crippen LogP contribution in [0.4, 0.5) is 0 Å². The molecule has 0 aliphatic carbocycles. The molecule has 1 amide bonds. The van der Waals surface area contributed by atoms with Crippen LogP contribution in [0.25, 0.3) is 0 Å². The van der Waals surface area contributed by atoms with Gasteiger partial charge in [0.15, 0.2) is 17.2 Å². The monoisotopic (exact) mass is 397 g/mol. The summed E-state index contributed by atoms with van der Waals surface area (Å²) in [6.07, 6.45) is 0.623. The molecule has 0 aliphatic heterocycles. The Hall–Kier alpha value is -2.11. The van der Waals surface area contributed by atoms with E-state index in [0.29, 0.717) is 29.5 Å². The van der Waals surface area contributed by atoms with E-state index in [1.54, 1.807) is 26.4 Å². The van der Waals surface area contributed by atoms with Crippen LogP contribution in [0.3, 0.4) is 0 Å². The highest BCUT2D eigenvalue weighted by molar-refractivity contribution is 6.37. The molecule has 2 rings (SSSR count). The third-order valence-corrected chi connectivity index (χ3v) is 4.62. The average Bonchev–Trinajstić information content (AvgIpc) is 2.63. The van der Waals surface area contributed by atoms with Crippen molar-refractivity contribution in [2.75, 3.05) is 27.9 Å². The van der Waals surface area contributed by atoms with Crippen LogP contribution in [0, 0.1) is 6.92 Å². The molecule has 0 fully saturated rings. The number of hydrogen-bond donors (Lipinski definition) is 1. The second-order valence-corrected chi connectivity index (χ2v) is 6.39. The molecule has 0 saturated heterocycles. The van der Waals surface area contributed by atoms with Gasteiger partial charge in [-0.25, -0.2) is 0 Å². The molecule has 2 aromatic rings. The van der Waals surface area contributed by atoms with Gasteiger partial charge in [-0.3, -0.25) is 4.79 Å². The minimum Gasteiger partial charge on any atom is -0.494 e. The predicted molar refractivity (Wildman–Crippen MR) is 103 cm³/mol. The SMILES string of the molecule is COc1cc(C)c(CCNC(=O)c2c(Cl)ccc(Cl)c2OC)cc1OC. The maximum absolute atomic E-state index is 12.5. The van der Waals surface area contributed by atoms with Gasteiger partial charge in [0, 0.05) is 6.54 Å². The number of carbonyl (C=O) groups is 1. The number of carbonyl (C=O) groups excluding carboxylic acids is 1. The summed E-state index contributed by atoms with van der Waals surface area (Å²) in [5.41, 5.74) is 2.33. The molecule has 0 unspecified atom stereocenters. The molecule has 0 aromatic heterocycles. The first kappa shape index (κ1) is 20.2. The molecular formula is C19H21Cl2NO4. The largest absolute Gasteiger partial charge is 0.494 e. The Labute approximate surface area is 163 Å². The van der Waals surface area contributed by atoms with E-state index in [2.05, 4.69) is 5.32 Å². The van der Waals surface area contributed by atoms with Crippen molar-refractivity contribution in [1.29, 1.82) is 0 Å². The van der Waals surface area contributed by atoms with E-state index in [-0.39, 0.29) is 22.2 Å². The highest BCUT2D eigenvalue weighted by atomic mass is 35.5. The normalized spacial score (nSPS) is 10.4. The number of aryl methyl sites for hydroxylation is 1. The number of hydrogen-bond acceptors (Lipinski definition) is 4. The van der Waals surface area contributed by atoms with Gasteiger partial charge in [0.2, 0.25) is 0 Å². The van der Waals surface area contributed by atoms with Gasteiger partial charge in [-0.15, -0.1) is 0 Å². The van der Waals surface area contributed by atoms with Crippen molar-refractivity contribution in [1.82, 2.24) is 5.32 Å². The second-order valence-electron chi connectivity index (χ2n) is 5.58. The summed E-state index contributed by atoms with van der Waals surface area (Å²) in [7, 11) is 4.63. The van der Waals surface area contributed by atoms with E-state index in [1.165, 1.54) is 7.11 Å². The summed E-state index contributed by atoms with van der Waals surface area (Å²) in [6, 6.07) is 6.98. The van der Waals surface area contributed by atoms with Gasteiger partial charge < -0.3 is 19.5 Å². The Morgan fingerprint density at radius 2 is 1.62 bits per heavy atom. The third-order valence-electron chi connectivity index (χ3n) is 4.01. The van der Waals surface area contributed by atoms with E-state index in [0.717, 1.165) is 11.1 Å². The summed E-state index contributed by atoms with van der Waals surface area (Å²) < 4.78 is 15.8. The Kier molecular flexibility index (Phi) is 7.00. The zero-order valence-corrected chi connectivity index (χ0v) is 16.6. The minimum atomic E-state index is -0.340. The lowest BCUT2D eigenvalue weighted by Gasteiger charge is -2.14. The van der Waals surface area contributed by atoms with Gasteiger partial charge in [0.05, 0.1) is 31.4 Å². The molecule has 0 heterocycles. The van der Waals surface area contributed by atoms with Crippen molar-refractivity contribution in [3.63, 3.8) is 0 Å². The van der Waals surface area contributed by atoms with Gasteiger partial charge in [-0.1, -0.05) is 23.2 Å². The van der Waals surface area contributed by atoms with Crippen molar-refractivity contribution >= 4 is 29.1 Å². The molecule has 0 atom stereocenters. The first-order chi connectivity index (χ1) is 12.4. The summed E-state index contributed by atoms with van der Waals surface area (Å²) in [5, 5.41) is 3.46. The summed E-state index contributed by atoms with van der Waals surface area (Å²) in [5.74, 6) is 1.25. The number of halogens is 2. The molecule has 0 aliphatic rings. The first-order valence-electron chi connectivity index (χ1n) is 7.94. The van der Waals surface area contributed by atoms with E-state index in [9.17, 15) is 4.79 Å². The Balaban J connectivity index is 2.12. The standard InChI is InChI=1S/C19H21Cl2NO4/c1-11-9-15(24-2)16(25-3)10-12(11)7-8-22-19(23)17-13(20)5-6-14(21)18(17)26-4/h5-6,9-10H,7-8H2,1-4H3,(H,22,23). The van der Waals surface area contributed by atoms with Crippen molar-refractivity contribution in [2.45, 2.75) is 13.3 Å². The molecule has 0 bridgehead atoms. The zero-order valence-electron chi connectivity index (χ0n) is 15.1. The third kappa shape index (κ3) is 4.34. The number of amides is 1. The van der Waals surface area contributed by atoms with Crippen molar-refractivity contribution in [2.24, 2.45) is 0 Å². The van der Waals surface area contributed by atoms with E-state index in [1.807, 2.05) is 19.1 Å². The van der Waals surface area contributed by atoms with Crippen LogP contribution in [0.5, 0.6) is 17.2 Å². The lowest BCUT2D eigenvalue weighted by molar-refractivity contribution is 0.0951. The van der Waals surface area contributed by atoms with Crippen LogP contribution in [-0.2, 0) is 6.42 Å². The molecule has 0 saturated carbocycles. The fraction of sp³-hybridized carbons (Fsp3) is 0.316.